The van der Waals surface area contributed by atoms with E-state index in [9.17, 15) is 4.79 Å². The van der Waals surface area contributed by atoms with Gasteiger partial charge in [0.25, 0.3) is 0 Å². The number of para-hydroxylation sites is 1. The molecule has 0 fully saturated rings. The number of anilines is 2. The number of ether oxygens (including phenoxy) is 1. The van der Waals surface area contributed by atoms with Crippen molar-refractivity contribution in [1.29, 1.82) is 0 Å². The lowest BCUT2D eigenvalue weighted by Crippen LogP contribution is -2.22. The summed E-state index contributed by atoms with van der Waals surface area (Å²) in [7, 11) is 0. The van der Waals surface area contributed by atoms with Crippen LogP contribution in [0.5, 0.6) is 11.5 Å². The molecule has 0 saturated carbocycles. The molecule has 1 aliphatic carbocycles. The van der Waals surface area contributed by atoms with Gasteiger partial charge in [0.05, 0.1) is 17.0 Å². The number of hydrogen-bond acceptors (Lipinski definition) is 5. The average Bonchev–Trinajstić information content (AvgIpc) is 2.63. The summed E-state index contributed by atoms with van der Waals surface area (Å²) < 4.78 is 5.80. The van der Waals surface area contributed by atoms with E-state index in [0.717, 1.165) is 35.0 Å². The molecule has 1 aliphatic rings. The lowest BCUT2D eigenvalue weighted by atomic mass is 9.86. The van der Waals surface area contributed by atoms with Gasteiger partial charge in [-0.05, 0) is 55.7 Å². The number of rotatable bonds is 4. The zero-order chi connectivity index (χ0) is 18.8. The molecule has 2 aromatic carbocycles. The van der Waals surface area contributed by atoms with Crippen LogP contribution < -0.4 is 10.1 Å². The van der Waals surface area contributed by atoms with E-state index in [0.29, 0.717) is 23.9 Å². The molecule has 0 aliphatic heterocycles. The van der Waals surface area contributed by atoms with Crippen molar-refractivity contribution in [3.63, 3.8) is 0 Å². The molecule has 0 saturated heterocycles. The molecular formula is C22H21N3O2. The van der Waals surface area contributed by atoms with Gasteiger partial charge in [-0.15, -0.1) is 0 Å². The van der Waals surface area contributed by atoms with Crippen LogP contribution in [0.3, 0.4) is 0 Å². The second-order valence-corrected chi connectivity index (χ2v) is 6.96. The Labute approximate surface area is 158 Å². The number of benzene rings is 2. The Hall–Kier alpha value is -3.21. The Morgan fingerprint density at radius 1 is 0.963 bits per heavy atom. The summed E-state index contributed by atoms with van der Waals surface area (Å²) in [5.41, 5.74) is 3.15. The average molecular weight is 359 g/mol. The van der Waals surface area contributed by atoms with E-state index < -0.39 is 0 Å². The zero-order valence-corrected chi connectivity index (χ0v) is 15.4. The molecule has 136 valence electrons. The lowest BCUT2D eigenvalue weighted by Gasteiger charge is -2.21. The van der Waals surface area contributed by atoms with Crippen molar-refractivity contribution >= 4 is 17.4 Å². The van der Waals surface area contributed by atoms with Crippen LogP contribution >= 0.6 is 0 Å². The predicted molar refractivity (Wildman–Crippen MR) is 105 cm³/mol. The summed E-state index contributed by atoms with van der Waals surface area (Å²) in [6.07, 6.45) is 1.38. The topological polar surface area (TPSA) is 64.1 Å². The largest absolute Gasteiger partial charge is 0.457 e. The van der Waals surface area contributed by atoms with Gasteiger partial charge in [0, 0.05) is 12.1 Å². The fourth-order valence-electron chi connectivity index (χ4n) is 3.38. The van der Waals surface area contributed by atoms with Crippen LogP contribution in [0.1, 0.15) is 35.1 Å². The number of aryl methyl sites for hydroxylation is 1. The zero-order valence-electron chi connectivity index (χ0n) is 15.4. The minimum absolute atomic E-state index is 0.148. The highest BCUT2D eigenvalue weighted by Gasteiger charge is 2.26. The van der Waals surface area contributed by atoms with Gasteiger partial charge in [0.15, 0.2) is 5.78 Å². The first-order valence-corrected chi connectivity index (χ1v) is 9.09. The maximum absolute atomic E-state index is 12.3. The number of aromatic nitrogens is 2. The Balaban J connectivity index is 1.52. The second kappa shape index (κ2) is 7.19. The van der Waals surface area contributed by atoms with Crippen LogP contribution in [0, 0.1) is 12.8 Å². The Bertz CT molecular complexity index is 969. The predicted octanol–water partition coefficient (Wildman–Crippen LogP) is 5.09. The lowest BCUT2D eigenvalue weighted by molar-refractivity contribution is 0.0951. The highest BCUT2D eigenvalue weighted by molar-refractivity contribution is 5.99. The summed E-state index contributed by atoms with van der Waals surface area (Å²) in [4.78, 5) is 21.3. The monoisotopic (exact) mass is 359 g/mol. The van der Waals surface area contributed by atoms with Gasteiger partial charge < -0.3 is 10.1 Å². The first kappa shape index (κ1) is 17.2. The third-order valence-corrected chi connectivity index (χ3v) is 4.61. The summed E-state index contributed by atoms with van der Waals surface area (Å²) in [5, 5.41) is 3.23. The summed E-state index contributed by atoms with van der Waals surface area (Å²) in [5.74, 6) is 2.54. The molecule has 0 unspecified atom stereocenters. The minimum atomic E-state index is 0.148. The van der Waals surface area contributed by atoms with Gasteiger partial charge in [0.2, 0.25) is 5.95 Å². The van der Waals surface area contributed by atoms with E-state index in [1.165, 1.54) is 0 Å². The summed E-state index contributed by atoms with van der Waals surface area (Å²) in [6.45, 7) is 3.95. The molecular weight excluding hydrogens is 338 g/mol. The maximum Gasteiger partial charge on any atom is 0.227 e. The van der Waals surface area contributed by atoms with Crippen molar-refractivity contribution in [2.45, 2.75) is 26.7 Å². The molecule has 0 radical (unpaired) electrons. The highest BCUT2D eigenvalue weighted by Crippen LogP contribution is 2.28. The van der Waals surface area contributed by atoms with E-state index in [2.05, 4.69) is 22.2 Å². The molecule has 1 N–H and O–H groups in total. The number of Topliss-reactive ketones (excluding diaryl/α,β-unsaturated/α-hetero) is 1. The molecule has 1 heterocycles. The van der Waals surface area contributed by atoms with Crippen LogP contribution in [-0.2, 0) is 6.42 Å². The Kier molecular flexibility index (Phi) is 4.59. The number of carbonyl (C=O) groups is 1. The second-order valence-electron chi connectivity index (χ2n) is 6.96. The standard InChI is InChI=1S/C22H21N3O2/c1-14-12-19-21(20(26)13-14)15(2)23-22(25-19)24-16-8-10-18(11-9-16)27-17-6-4-3-5-7-17/h3-11,14H,12-13H2,1-2H3,(H,23,24,25)/t14-/m0/s1. The van der Waals surface area contributed by atoms with Crippen molar-refractivity contribution in [1.82, 2.24) is 9.97 Å². The molecule has 5 heteroatoms. The fraction of sp³-hybridized carbons (Fsp3) is 0.227. The molecule has 4 rings (SSSR count). The normalized spacial score (nSPS) is 15.9. The quantitative estimate of drug-likeness (QED) is 0.703. The number of ketones is 1. The van der Waals surface area contributed by atoms with Crippen molar-refractivity contribution in [2.24, 2.45) is 5.92 Å². The SMILES string of the molecule is Cc1nc(Nc2ccc(Oc3ccccc3)cc2)nc2c1C(=O)C[C@@H](C)C2. The fourth-order valence-corrected chi connectivity index (χ4v) is 3.38. The smallest absolute Gasteiger partial charge is 0.227 e. The van der Waals surface area contributed by atoms with E-state index in [4.69, 9.17) is 4.74 Å². The molecule has 27 heavy (non-hydrogen) atoms. The minimum Gasteiger partial charge on any atom is -0.457 e. The third-order valence-electron chi connectivity index (χ3n) is 4.61. The molecule has 3 aromatic rings. The highest BCUT2D eigenvalue weighted by atomic mass is 16.5. The number of hydrogen-bond donors (Lipinski definition) is 1. The van der Waals surface area contributed by atoms with Crippen LogP contribution in [0.15, 0.2) is 54.6 Å². The maximum atomic E-state index is 12.3. The van der Waals surface area contributed by atoms with Crippen molar-refractivity contribution in [3.8, 4) is 11.5 Å². The van der Waals surface area contributed by atoms with E-state index in [1.54, 1.807) is 0 Å². The first-order chi connectivity index (χ1) is 13.1. The first-order valence-electron chi connectivity index (χ1n) is 9.09. The van der Waals surface area contributed by atoms with Crippen LogP contribution in [0.2, 0.25) is 0 Å². The van der Waals surface area contributed by atoms with Crippen molar-refractivity contribution in [3.05, 3.63) is 71.5 Å². The van der Waals surface area contributed by atoms with Gasteiger partial charge in [-0.25, -0.2) is 9.97 Å². The van der Waals surface area contributed by atoms with Gasteiger partial charge in [-0.2, -0.15) is 0 Å². The molecule has 1 atom stereocenters. The van der Waals surface area contributed by atoms with Crippen LogP contribution in [0.4, 0.5) is 11.6 Å². The number of nitrogens with one attached hydrogen (secondary N) is 1. The van der Waals surface area contributed by atoms with Crippen molar-refractivity contribution in [2.75, 3.05) is 5.32 Å². The van der Waals surface area contributed by atoms with E-state index >= 15 is 0 Å². The van der Waals surface area contributed by atoms with Gasteiger partial charge in [-0.1, -0.05) is 25.1 Å². The summed E-state index contributed by atoms with van der Waals surface area (Å²) >= 11 is 0. The number of carbonyl (C=O) groups excluding carboxylic acids is 1. The number of fused-ring (bicyclic) bond motifs is 1. The molecule has 0 bridgehead atoms. The molecule has 0 spiro atoms. The third kappa shape index (κ3) is 3.82. The van der Waals surface area contributed by atoms with Crippen LogP contribution in [0.25, 0.3) is 0 Å². The molecule has 1 aromatic heterocycles. The molecule has 5 nitrogen and oxygen atoms in total. The van der Waals surface area contributed by atoms with E-state index in [-0.39, 0.29) is 5.78 Å². The van der Waals surface area contributed by atoms with Gasteiger partial charge in [-0.3, -0.25) is 4.79 Å². The molecule has 0 amide bonds. The Morgan fingerprint density at radius 2 is 1.67 bits per heavy atom. The van der Waals surface area contributed by atoms with Crippen LogP contribution in [-0.4, -0.2) is 15.8 Å². The van der Waals surface area contributed by atoms with Gasteiger partial charge >= 0.3 is 0 Å². The Morgan fingerprint density at radius 3 is 2.41 bits per heavy atom. The van der Waals surface area contributed by atoms with Crippen molar-refractivity contribution < 1.29 is 9.53 Å². The number of nitrogens with zero attached hydrogens (tertiary/aromatic N) is 2. The van der Waals surface area contributed by atoms with Gasteiger partial charge in [0.1, 0.15) is 11.5 Å². The summed E-state index contributed by atoms with van der Waals surface area (Å²) in [6, 6.07) is 17.3. The van der Waals surface area contributed by atoms with E-state index in [1.807, 2.05) is 61.5 Å².